The van der Waals surface area contributed by atoms with E-state index in [0.29, 0.717) is 13.0 Å². The Morgan fingerprint density at radius 3 is 2.73 bits per heavy atom. The lowest BCUT2D eigenvalue weighted by Gasteiger charge is -2.11. The maximum absolute atomic E-state index is 13.0. The Morgan fingerprint density at radius 1 is 1.40 bits per heavy atom. The number of hydrogen-bond donors (Lipinski definition) is 2. The van der Waals surface area contributed by atoms with E-state index in [9.17, 15) is 13.9 Å². The predicted molar refractivity (Wildman–Crippen MR) is 51.5 cm³/mol. The van der Waals surface area contributed by atoms with Crippen LogP contribution in [0.15, 0.2) is 18.2 Å². The lowest BCUT2D eigenvalue weighted by Crippen LogP contribution is -2.21. The fraction of sp³-hybridized carbons (Fsp3) is 0.400. The van der Waals surface area contributed by atoms with Crippen molar-refractivity contribution in [1.82, 2.24) is 0 Å². The zero-order valence-corrected chi connectivity index (χ0v) is 8.12. The van der Waals surface area contributed by atoms with Gasteiger partial charge in [-0.25, -0.2) is 8.78 Å². The topological polar surface area (TPSA) is 55.5 Å². The Balaban J connectivity index is 2.50. The number of nitrogens with two attached hydrogens (primary N) is 1. The fourth-order valence-electron chi connectivity index (χ4n) is 1.05. The molecule has 0 bridgehead atoms. The van der Waals surface area contributed by atoms with Crippen molar-refractivity contribution in [2.45, 2.75) is 12.5 Å². The molecule has 84 valence electrons. The first-order valence-electron chi connectivity index (χ1n) is 4.59. The second-order valence-electron chi connectivity index (χ2n) is 3.12. The van der Waals surface area contributed by atoms with E-state index in [0.717, 1.165) is 12.1 Å². The molecule has 1 rings (SSSR count). The summed E-state index contributed by atoms with van der Waals surface area (Å²) in [5, 5.41) is 9.25. The molecule has 0 radical (unpaired) electrons. The van der Waals surface area contributed by atoms with E-state index in [1.54, 1.807) is 0 Å². The number of halogens is 2. The van der Waals surface area contributed by atoms with Gasteiger partial charge in [0.2, 0.25) is 0 Å². The second kappa shape index (κ2) is 5.63. The van der Waals surface area contributed by atoms with Crippen LogP contribution in [-0.2, 0) is 0 Å². The highest BCUT2D eigenvalue weighted by Gasteiger charge is 2.08. The van der Waals surface area contributed by atoms with Gasteiger partial charge in [-0.3, -0.25) is 0 Å². The molecule has 5 heteroatoms. The average Bonchev–Trinajstić information content (AvgIpc) is 2.17. The smallest absolute Gasteiger partial charge is 0.167 e. The zero-order valence-electron chi connectivity index (χ0n) is 8.12. The Hall–Kier alpha value is -1.20. The lowest BCUT2D eigenvalue weighted by atomic mass is 10.2. The molecule has 0 aliphatic heterocycles. The van der Waals surface area contributed by atoms with Crippen LogP contribution in [0.25, 0.3) is 0 Å². The molecular weight excluding hydrogens is 204 g/mol. The summed E-state index contributed by atoms with van der Waals surface area (Å²) >= 11 is 0. The molecule has 0 aromatic heterocycles. The molecule has 0 heterocycles. The van der Waals surface area contributed by atoms with Crippen molar-refractivity contribution in [2.75, 3.05) is 13.2 Å². The molecule has 3 N–H and O–H groups in total. The van der Waals surface area contributed by atoms with Gasteiger partial charge in [-0.15, -0.1) is 0 Å². The van der Waals surface area contributed by atoms with Gasteiger partial charge in [0, 0.05) is 6.07 Å². The molecule has 15 heavy (non-hydrogen) atoms. The molecule has 0 saturated heterocycles. The van der Waals surface area contributed by atoms with E-state index >= 15 is 0 Å². The van der Waals surface area contributed by atoms with Gasteiger partial charge in [0.15, 0.2) is 11.6 Å². The van der Waals surface area contributed by atoms with E-state index in [2.05, 4.69) is 0 Å². The molecule has 0 saturated carbocycles. The first kappa shape index (κ1) is 11.9. The number of benzene rings is 1. The normalized spacial score (nSPS) is 12.5. The third-order valence-electron chi connectivity index (χ3n) is 1.83. The third-order valence-corrected chi connectivity index (χ3v) is 1.83. The second-order valence-corrected chi connectivity index (χ2v) is 3.12. The summed E-state index contributed by atoms with van der Waals surface area (Å²) in [6.45, 7) is 0.274. The average molecular weight is 217 g/mol. The van der Waals surface area contributed by atoms with Crippen LogP contribution in [0.1, 0.15) is 6.42 Å². The highest BCUT2D eigenvalue weighted by atomic mass is 19.1. The van der Waals surface area contributed by atoms with Crippen LogP contribution in [-0.4, -0.2) is 24.4 Å². The molecule has 1 atom stereocenters. The molecule has 0 amide bonds. The first-order valence-corrected chi connectivity index (χ1v) is 4.59. The fourth-order valence-corrected chi connectivity index (χ4v) is 1.05. The van der Waals surface area contributed by atoms with E-state index < -0.39 is 17.7 Å². The minimum absolute atomic E-state index is 0.0558. The van der Waals surface area contributed by atoms with Crippen LogP contribution in [0.2, 0.25) is 0 Å². The van der Waals surface area contributed by atoms with Gasteiger partial charge in [-0.2, -0.15) is 0 Å². The van der Waals surface area contributed by atoms with Crippen molar-refractivity contribution in [3.63, 3.8) is 0 Å². The van der Waals surface area contributed by atoms with Gasteiger partial charge in [0.1, 0.15) is 12.4 Å². The molecule has 1 aromatic carbocycles. The summed E-state index contributed by atoms with van der Waals surface area (Å²) < 4.78 is 30.5. The van der Waals surface area contributed by atoms with Gasteiger partial charge in [0.05, 0.1) is 6.10 Å². The van der Waals surface area contributed by atoms with E-state index in [1.807, 2.05) is 0 Å². The van der Waals surface area contributed by atoms with Crippen LogP contribution in [0.4, 0.5) is 8.78 Å². The lowest BCUT2D eigenvalue weighted by molar-refractivity contribution is 0.0997. The first-order chi connectivity index (χ1) is 7.13. The number of aliphatic hydroxyl groups is 1. The van der Waals surface area contributed by atoms with Gasteiger partial charge >= 0.3 is 0 Å². The minimum Gasteiger partial charge on any atom is -0.488 e. The maximum Gasteiger partial charge on any atom is 0.167 e. The molecule has 0 aliphatic carbocycles. The minimum atomic E-state index is -0.782. The summed E-state index contributed by atoms with van der Waals surface area (Å²) in [5.74, 6) is -1.52. The summed E-state index contributed by atoms with van der Waals surface area (Å²) in [6, 6.07) is 3.00. The number of rotatable bonds is 5. The Kier molecular flexibility index (Phi) is 4.45. The van der Waals surface area contributed by atoms with Crippen LogP contribution >= 0.6 is 0 Å². The monoisotopic (exact) mass is 217 g/mol. The zero-order chi connectivity index (χ0) is 11.3. The molecule has 0 aliphatic rings. The van der Waals surface area contributed by atoms with Crippen molar-refractivity contribution in [3.8, 4) is 5.75 Å². The van der Waals surface area contributed by atoms with Crippen molar-refractivity contribution in [1.29, 1.82) is 0 Å². The summed E-state index contributed by atoms with van der Waals surface area (Å²) in [5.41, 5.74) is 5.21. The van der Waals surface area contributed by atoms with Gasteiger partial charge < -0.3 is 15.6 Å². The van der Waals surface area contributed by atoms with Crippen LogP contribution in [0.5, 0.6) is 5.75 Å². The van der Waals surface area contributed by atoms with Gasteiger partial charge in [-0.1, -0.05) is 0 Å². The summed E-state index contributed by atoms with van der Waals surface area (Å²) in [4.78, 5) is 0. The SMILES string of the molecule is NCCC(O)COc1ccc(F)cc1F. The number of ether oxygens (including phenoxy) is 1. The molecular formula is C10H13F2NO2. The highest BCUT2D eigenvalue weighted by molar-refractivity contribution is 5.24. The van der Waals surface area contributed by atoms with E-state index in [-0.39, 0.29) is 12.4 Å². The van der Waals surface area contributed by atoms with E-state index in [1.165, 1.54) is 6.07 Å². The van der Waals surface area contributed by atoms with Crippen molar-refractivity contribution in [2.24, 2.45) is 5.73 Å². The van der Waals surface area contributed by atoms with Gasteiger partial charge in [-0.05, 0) is 25.1 Å². The van der Waals surface area contributed by atoms with Crippen molar-refractivity contribution < 1.29 is 18.6 Å². The molecule has 0 spiro atoms. The molecule has 1 aromatic rings. The van der Waals surface area contributed by atoms with Crippen LogP contribution in [0.3, 0.4) is 0 Å². The van der Waals surface area contributed by atoms with Crippen LogP contribution < -0.4 is 10.5 Å². The number of aliphatic hydroxyl groups excluding tert-OH is 1. The Bertz CT molecular complexity index is 320. The van der Waals surface area contributed by atoms with Crippen LogP contribution in [0, 0.1) is 11.6 Å². The van der Waals surface area contributed by atoms with E-state index in [4.69, 9.17) is 10.5 Å². The highest BCUT2D eigenvalue weighted by Crippen LogP contribution is 2.17. The standard InChI is InChI=1S/C10H13F2NO2/c11-7-1-2-10(9(12)5-7)15-6-8(14)3-4-13/h1-2,5,8,14H,3-4,6,13H2. The predicted octanol–water partition coefficient (Wildman–Crippen LogP) is 1.05. The Morgan fingerprint density at radius 2 is 2.13 bits per heavy atom. The molecule has 3 nitrogen and oxygen atoms in total. The molecule has 1 unspecified atom stereocenters. The number of hydrogen-bond acceptors (Lipinski definition) is 3. The van der Waals surface area contributed by atoms with Crippen molar-refractivity contribution >= 4 is 0 Å². The van der Waals surface area contributed by atoms with Gasteiger partial charge in [0.25, 0.3) is 0 Å². The largest absolute Gasteiger partial charge is 0.488 e. The maximum atomic E-state index is 13.0. The Labute approximate surface area is 86.5 Å². The quantitative estimate of drug-likeness (QED) is 0.775. The third kappa shape index (κ3) is 3.81. The van der Waals surface area contributed by atoms with Crippen molar-refractivity contribution in [3.05, 3.63) is 29.8 Å². The summed E-state index contributed by atoms with van der Waals surface area (Å²) in [6.07, 6.45) is -0.359. The molecule has 0 fully saturated rings. The summed E-state index contributed by atoms with van der Waals surface area (Å²) in [7, 11) is 0.